The molecule has 2 aromatic heterocycles. The van der Waals surface area contributed by atoms with E-state index in [0.29, 0.717) is 49.3 Å². The molecule has 182 valence electrons. The van der Waals surface area contributed by atoms with Gasteiger partial charge in [0.25, 0.3) is 0 Å². The number of thiophene rings is 1. The summed E-state index contributed by atoms with van der Waals surface area (Å²) in [5.41, 5.74) is 2.49. The van der Waals surface area contributed by atoms with Crippen molar-refractivity contribution in [1.82, 2.24) is 14.5 Å². The third-order valence-corrected chi connectivity index (χ3v) is 7.54. The van der Waals surface area contributed by atoms with Gasteiger partial charge in [0, 0.05) is 50.1 Å². The highest BCUT2D eigenvalue weighted by Crippen LogP contribution is 2.37. The van der Waals surface area contributed by atoms with Gasteiger partial charge in [-0.3, -0.25) is 9.59 Å². The fraction of sp³-hybridized carbons (Fsp3) is 0.385. The number of anilines is 1. The standard InChI is InChI=1S/C26H29N5O3S/c1-17(18-5-4-6-19(14-18)34-3)13-24(32)29-26-21(15-27)20-9-11-31(16-22(20)35-26)25(33)8-7-23-28-10-12-30(23)2/h4-6,10,12,14,17H,7-9,11,13,16H2,1-3H3,(H,29,32)/t17-/m0/s1. The Morgan fingerprint density at radius 1 is 1.37 bits per heavy atom. The highest BCUT2D eigenvalue weighted by atomic mass is 32.1. The van der Waals surface area contributed by atoms with Crippen molar-refractivity contribution in [2.24, 2.45) is 7.05 Å². The third-order valence-electron chi connectivity index (χ3n) is 6.41. The summed E-state index contributed by atoms with van der Waals surface area (Å²) in [7, 11) is 3.54. The molecule has 3 aromatic rings. The second-order valence-corrected chi connectivity index (χ2v) is 9.87. The summed E-state index contributed by atoms with van der Waals surface area (Å²) in [6.07, 6.45) is 5.48. The monoisotopic (exact) mass is 491 g/mol. The number of ether oxygens (including phenoxy) is 1. The van der Waals surface area contributed by atoms with E-state index >= 15 is 0 Å². The summed E-state index contributed by atoms with van der Waals surface area (Å²) in [5.74, 6) is 1.57. The van der Waals surface area contributed by atoms with Crippen molar-refractivity contribution in [3.63, 3.8) is 0 Å². The summed E-state index contributed by atoms with van der Waals surface area (Å²) >= 11 is 1.40. The van der Waals surface area contributed by atoms with Crippen LogP contribution in [-0.4, -0.2) is 39.9 Å². The molecule has 1 N–H and O–H groups in total. The molecular formula is C26H29N5O3S. The van der Waals surface area contributed by atoms with Crippen molar-refractivity contribution in [3.05, 3.63) is 64.1 Å². The zero-order valence-electron chi connectivity index (χ0n) is 20.2. The van der Waals surface area contributed by atoms with Gasteiger partial charge < -0.3 is 19.5 Å². The van der Waals surface area contributed by atoms with Crippen molar-refractivity contribution in [3.8, 4) is 11.8 Å². The van der Waals surface area contributed by atoms with Crippen molar-refractivity contribution >= 4 is 28.2 Å². The highest BCUT2D eigenvalue weighted by molar-refractivity contribution is 7.16. The minimum atomic E-state index is -0.140. The van der Waals surface area contributed by atoms with Crippen LogP contribution >= 0.6 is 11.3 Å². The van der Waals surface area contributed by atoms with Crippen molar-refractivity contribution in [1.29, 1.82) is 5.26 Å². The Kier molecular flexibility index (Phi) is 7.51. The molecule has 2 amide bonds. The fourth-order valence-electron chi connectivity index (χ4n) is 4.36. The predicted octanol–water partition coefficient (Wildman–Crippen LogP) is 4.01. The first-order chi connectivity index (χ1) is 16.9. The summed E-state index contributed by atoms with van der Waals surface area (Å²) < 4.78 is 7.20. The molecule has 8 nitrogen and oxygen atoms in total. The summed E-state index contributed by atoms with van der Waals surface area (Å²) in [6.45, 7) is 3.02. The average molecular weight is 492 g/mol. The van der Waals surface area contributed by atoms with Crippen LogP contribution in [0.5, 0.6) is 5.75 Å². The number of nitriles is 1. The number of carbonyl (C=O) groups excluding carboxylic acids is 2. The number of fused-ring (bicyclic) bond motifs is 1. The number of hydrogen-bond acceptors (Lipinski definition) is 6. The maximum Gasteiger partial charge on any atom is 0.225 e. The number of carbonyl (C=O) groups is 2. The maximum absolute atomic E-state index is 12.8. The zero-order chi connectivity index (χ0) is 24.9. The van der Waals surface area contributed by atoms with E-state index in [9.17, 15) is 14.9 Å². The van der Waals surface area contributed by atoms with Crippen LogP contribution in [0.1, 0.15) is 53.1 Å². The van der Waals surface area contributed by atoms with Gasteiger partial charge >= 0.3 is 0 Å². The highest BCUT2D eigenvalue weighted by Gasteiger charge is 2.27. The first kappa shape index (κ1) is 24.5. The second kappa shape index (κ2) is 10.7. The van der Waals surface area contributed by atoms with Gasteiger partial charge in [-0.25, -0.2) is 4.98 Å². The molecule has 9 heteroatoms. The molecule has 1 aromatic carbocycles. The quantitative estimate of drug-likeness (QED) is 0.513. The van der Waals surface area contributed by atoms with Gasteiger partial charge in [0.2, 0.25) is 11.8 Å². The predicted molar refractivity (Wildman–Crippen MR) is 134 cm³/mol. The van der Waals surface area contributed by atoms with Gasteiger partial charge in [-0.05, 0) is 35.6 Å². The topological polar surface area (TPSA) is 100 Å². The lowest BCUT2D eigenvalue weighted by Gasteiger charge is -2.27. The Hall–Kier alpha value is -3.64. The van der Waals surface area contributed by atoms with Crippen LogP contribution in [-0.2, 0) is 36.0 Å². The van der Waals surface area contributed by atoms with Crippen LogP contribution in [0.25, 0.3) is 0 Å². The molecule has 0 spiro atoms. The van der Waals surface area contributed by atoms with Gasteiger partial charge in [0.05, 0.1) is 19.2 Å². The minimum Gasteiger partial charge on any atom is -0.497 e. The van der Waals surface area contributed by atoms with Crippen LogP contribution in [0, 0.1) is 11.3 Å². The number of aromatic nitrogens is 2. The van der Waals surface area contributed by atoms with E-state index in [-0.39, 0.29) is 17.7 Å². The number of rotatable bonds is 8. The van der Waals surface area contributed by atoms with E-state index < -0.39 is 0 Å². The first-order valence-electron chi connectivity index (χ1n) is 11.6. The lowest BCUT2D eigenvalue weighted by molar-refractivity contribution is -0.132. The number of methoxy groups -OCH3 is 1. The number of aryl methyl sites for hydroxylation is 2. The van der Waals surface area contributed by atoms with E-state index in [2.05, 4.69) is 16.4 Å². The smallest absolute Gasteiger partial charge is 0.225 e. The van der Waals surface area contributed by atoms with E-state index in [1.807, 2.05) is 53.9 Å². The number of imidazole rings is 1. The minimum absolute atomic E-state index is 0.00273. The number of nitrogens with zero attached hydrogens (tertiary/aromatic N) is 4. The van der Waals surface area contributed by atoms with Gasteiger partial charge in [0.15, 0.2) is 0 Å². The van der Waals surface area contributed by atoms with Gasteiger partial charge in [0.1, 0.15) is 22.6 Å². The summed E-state index contributed by atoms with van der Waals surface area (Å²) in [4.78, 5) is 32.7. The molecular weight excluding hydrogens is 462 g/mol. The molecule has 4 rings (SSSR count). The first-order valence-corrected chi connectivity index (χ1v) is 12.4. The number of hydrogen-bond donors (Lipinski definition) is 1. The van der Waals surface area contributed by atoms with Crippen LogP contribution < -0.4 is 10.1 Å². The molecule has 0 saturated carbocycles. The van der Waals surface area contributed by atoms with E-state index in [1.54, 1.807) is 13.3 Å². The maximum atomic E-state index is 12.8. The lowest BCUT2D eigenvalue weighted by atomic mass is 9.97. The molecule has 1 aliphatic heterocycles. The normalized spacial score (nSPS) is 13.6. The summed E-state index contributed by atoms with van der Waals surface area (Å²) in [6, 6.07) is 9.96. The Labute approximate surface area is 209 Å². The van der Waals surface area contributed by atoms with Crippen molar-refractivity contribution < 1.29 is 14.3 Å². The molecule has 1 atom stereocenters. The van der Waals surface area contributed by atoms with Gasteiger partial charge in [-0.2, -0.15) is 5.26 Å². The number of benzene rings is 1. The third kappa shape index (κ3) is 5.54. The average Bonchev–Trinajstić information content (AvgIpc) is 3.43. The van der Waals surface area contributed by atoms with Crippen molar-refractivity contribution in [2.45, 2.75) is 45.1 Å². The molecule has 35 heavy (non-hydrogen) atoms. The van der Waals surface area contributed by atoms with Crippen LogP contribution in [0.3, 0.4) is 0 Å². The molecule has 0 aliphatic carbocycles. The molecule has 0 saturated heterocycles. The zero-order valence-corrected chi connectivity index (χ0v) is 21.0. The second-order valence-electron chi connectivity index (χ2n) is 8.77. The van der Waals surface area contributed by atoms with E-state index in [1.165, 1.54) is 11.3 Å². The molecule has 0 radical (unpaired) electrons. The molecule has 1 aliphatic rings. The van der Waals surface area contributed by atoms with Crippen molar-refractivity contribution in [2.75, 3.05) is 19.0 Å². The Balaban J connectivity index is 1.39. The molecule has 0 bridgehead atoms. The summed E-state index contributed by atoms with van der Waals surface area (Å²) in [5, 5.41) is 13.3. The SMILES string of the molecule is COc1cccc([C@@H](C)CC(=O)Nc2sc3c(c2C#N)CCN(C(=O)CCc2nccn2C)C3)c1. The van der Waals surface area contributed by atoms with E-state index in [0.717, 1.165) is 27.6 Å². The Morgan fingerprint density at radius 3 is 2.91 bits per heavy atom. The van der Waals surface area contributed by atoms with E-state index in [4.69, 9.17) is 4.74 Å². The van der Waals surface area contributed by atoms with Gasteiger partial charge in [-0.15, -0.1) is 11.3 Å². The molecule has 3 heterocycles. The number of nitrogens with one attached hydrogen (secondary N) is 1. The Bertz CT molecular complexity index is 1270. The number of amides is 2. The van der Waals surface area contributed by atoms with Crippen LogP contribution in [0.2, 0.25) is 0 Å². The van der Waals surface area contributed by atoms with Crippen LogP contribution in [0.15, 0.2) is 36.7 Å². The molecule has 0 fully saturated rings. The Morgan fingerprint density at radius 2 is 2.20 bits per heavy atom. The van der Waals surface area contributed by atoms with Crippen LogP contribution in [0.4, 0.5) is 5.00 Å². The lowest BCUT2D eigenvalue weighted by Crippen LogP contribution is -2.35. The largest absolute Gasteiger partial charge is 0.497 e. The molecule has 0 unspecified atom stereocenters. The van der Waals surface area contributed by atoms with Gasteiger partial charge in [-0.1, -0.05) is 19.1 Å². The fourth-order valence-corrected chi connectivity index (χ4v) is 5.59.